The van der Waals surface area contributed by atoms with Crippen LogP contribution in [0.15, 0.2) is 24.4 Å². The molecule has 1 aliphatic carbocycles. The minimum Gasteiger partial charge on any atom is -0.350 e. The van der Waals surface area contributed by atoms with Gasteiger partial charge in [-0.2, -0.15) is 10.1 Å². The second-order valence-electron chi connectivity index (χ2n) is 5.40. The molecule has 1 fully saturated rings. The van der Waals surface area contributed by atoms with Gasteiger partial charge in [-0.15, -0.1) is 5.10 Å². The Bertz CT molecular complexity index is 644. The molecular weight excluding hydrogens is 288 g/mol. The van der Waals surface area contributed by atoms with Crippen LogP contribution >= 0.6 is 0 Å². The fourth-order valence-corrected chi connectivity index (χ4v) is 2.58. The molecule has 1 aliphatic rings. The van der Waals surface area contributed by atoms with Gasteiger partial charge in [-0.25, -0.2) is 8.78 Å². The van der Waals surface area contributed by atoms with E-state index >= 15 is 0 Å². The molecule has 5 nitrogen and oxygen atoms in total. The zero-order chi connectivity index (χ0) is 15.4. The summed E-state index contributed by atoms with van der Waals surface area (Å²) in [6.45, 7) is 0. The Kier molecular flexibility index (Phi) is 4.41. The highest BCUT2D eigenvalue weighted by atomic mass is 19.2. The van der Waals surface area contributed by atoms with E-state index in [2.05, 4.69) is 25.8 Å². The normalized spacial score (nSPS) is 15.5. The van der Waals surface area contributed by atoms with E-state index in [0.717, 1.165) is 25.0 Å². The van der Waals surface area contributed by atoms with Crippen LogP contribution in [0.5, 0.6) is 0 Å². The summed E-state index contributed by atoms with van der Waals surface area (Å²) in [5.74, 6) is -0.919. The monoisotopic (exact) mass is 305 g/mol. The van der Waals surface area contributed by atoms with Gasteiger partial charge in [-0.1, -0.05) is 19.3 Å². The van der Waals surface area contributed by atoms with Crippen LogP contribution in [0.1, 0.15) is 32.1 Å². The lowest BCUT2D eigenvalue weighted by atomic mass is 9.96. The fourth-order valence-electron chi connectivity index (χ4n) is 2.58. The summed E-state index contributed by atoms with van der Waals surface area (Å²) in [5, 5.41) is 14.0. The van der Waals surface area contributed by atoms with Crippen molar-refractivity contribution < 1.29 is 8.78 Å². The summed E-state index contributed by atoms with van der Waals surface area (Å²) >= 11 is 0. The Labute approximate surface area is 127 Å². The van der Waals surface area contributed by atoms with Crippen molar-refractivity contribution in [2.75, 3.05) is 10.6 Å². The Hall–Kier alpha value is -2.31. The number of hydrogen-bond donors (Lipinski definition) is 2. The molecule has 1 aromatic carbocycles. The average Bonchev–Trinajstić information content (AvgIpc) is 2.52. The van der Waals surface area contributed by atoms with Gasteiger partial charge >= 0.3 is 0 Å². The van der Waals surface area contributed by atoms with E-state index in [-0.39, 0.29) is 0 Å². The SMILES string of the molecule is Fc1ccc(Nc2cnnc(NC3CCCCC3)n2)cc1F. The van der Waals surface area contributed by atoms with Gasteiger partial charge in [-0.05, 0) is 25.0 Å². The van der Waals surface area contributed by atoms with Gasteiger partial charge < -0.3 is 10.6 Å². The first-order chi connectivity index (χ1) is 10.7. The smallest absolute Gasteiger partial charge is 0.244 e. The predicted molar refractivity (Wildman–Crippen MR) is 80.0 cm³/mol. The number of aromatic nitrogens is 3. The van der Waals surface area contributed by atoms with E-state index < -0.39 is 11.6 Å². The van der Waals surface area contributed by atoms with E-state index in [0.29, 0.717) is 23.5 Å². The molecule has 0 aliphatic heterocycles. The van der Waals surface area contributed by atoms with Gasteiger partial charge in [0.05, 0.1) is 6.20 Å². The fraction of sp³-hybridized carbons (Fsp3) is 0.400. The number of halogens is 2. The van der Waals surface area contributed by atoms with Crippen LogP contribution in [-0.2, 0) is 0 Å². The standard InChI is InChI=1S/C15H17F2N5/c16-12-7-6-11(8-13(12)17)19-14-9-18-22-15(21-14)20-10-4-2-1-3-5-10/h6-10H,1-5H2,(H2,19,20,21,22). The first-order valence-corrected chi connectivity index (χ1v) is 7.39. The first kappa shape index (κ1) is 14.6. The van der Waals surface area contributed by atoms with Crippen LogP contribution in [0.4, 0.5) is 26.2 Å². The number of benzene rings is 1. The first-order valence-electron chi connectivity index (χ1n) is 7.39. The van der Waals surface area contributed by atoms with Crippen LogP contribution in [0.3, 0.4) is 0 Å². The molecule has 0 saturated heterocycles. The van der Waals surface area contributed by atoms with E-state index in [1.807, 2.05) is 0 Å². The molecule has 0 spiro atoms. The minimum absolute atomic E-state index is 0.370. The Morgan fingerprint density at radius 2 is 1.86 bits per heavy atom. The van der Waals surface area contributed by atoms with Crippen molar-refractivity contribution in [3.05, 3.63) is 36.0 Å². The lowest BCUT2D eigenvalue weighted by molar-refractivity contribution is 0.460. The lowest BCUT2D eigenvalue weighted by Gasteiger charge is -2.22. The molecule has 0 unspecified atom stereocenters. The molecule has 3 rings (SSSR count). The summed E-state index contributed by atoms with van der Waals surface area (Å²) < 4.78 is 26.1. The van der Waals surface area contributed by atoms with Crippen LogP contribution in [0, 0.1) is 11.6 Å². The Morgan fingerprint density at radius 1 is 1.05 bits per heavy atom. The average molecular weight is 305 g/mol. The largest absolute Gasteiger partial charge is 0.350 e. The lowest BCUT2D eigenvalue weighted by Crippen LogP contribution is -2.23. The molecule has 0 atom stereocenters. The van der Waals surface area contributed by atoms with Gasteiger partial charge in [0.25, 0.3) is 0 Å². The number of anilines is 3. The van der Waals surface area contributed by atoms with Crippen LogP contribution in [-0.4, -0.2) is 21.2 Å². The van der Waals surface area contributed by atoms with E-state index in [4.69, 9.17) is 0 Å². The molecule has 0 radical (unpaired) electrons. The third-order valence-electron chi connectivity index (χ3n) is 3.69. The molecule has 7 heteroatoms. The van der Waals surface area contributed by atoms with Crippen molar-refractivity contribution >= 4 is 17.5 Å². The molecule has 116 valence electrons. The van der Waals surface area contributed by atoms with Gasteiger partial charge in [0.1, 0.15) is 0 Å². The quantitative estimate of drug-likeness (QED) is 0.903. The van der Waals surface area contributed by atoms with E-state index in [1.54, 1.807) is 0 Å². The molecule has 0 amide bonds. The van der Waals surface area contributed by atoms with Crippen molar-refractivity contribution in [1.29, 1.82) is 0 Å². The minimum atomic E-state index is -0.910. The van der Waals surface area contributed by atoms with Gasteiger partial charge in [0.15, 0.2) is 17.5 Å². The van der Waals surface area contributed by atoms with Crippen molar-refractivity contribution in [2.24, 2.45) is 0 Å². The summed E-state index contributed by atoms with van der Waals surface area (Å²) in [7, 11) is 0. The van der Waals surface area contributed by atoms with Crippen LogP contribution in [0.25, 0.3) is 0 Å². The second kappa shape index (κ2) is 6.64. The van der Waals surface area contributed by atoms with Crippen molar-refractivity contribution in [1.82, 2.24) is 15.2 Å². The Balaban J connectivity index is 1.68. The summed E-state index contributed by atoms with van der Waals surface area (Å²) in [6, 6.07) is 3.95. The van der Waals surface area contributed by atoms with E-state index in [1.165, 1.54) is 31.5 Å². The van der Waals surface area contributed by atoms with Crippen LogP contribution in [0.2, 0.25) is 0 Å². The predicted octanol–water partition coefficient (Wildman–Crippen LogP) is 3.64. The van der Waals surface area contributed by atoms with Crippen molar-refractivity contribution in [2.45, 2.75) is 38.1 Å². The maximum atomic E-state index is 13.2. The molecule has 1 heterocycles. The highest BCUT2D eigenvalue weighted by Crippen LogP contribution is 2.21. The van der Waals surface area contributed by atoms with E-state index in [9.17, 15) is 8.78 Å². The highest BCUT2D eigenvalue weighted by Gasteiger charge is 2.14. The number of rotatable bonds is 4. The van der Waals surface area contributed by atoms with Gasteiger partial charge in [0, 0.05) is 17.8 Å². The molecule has 22 heavy (non-hydrogen) atoms. The third kappa shape index (κ3) is 3.66. The van der Waals surface area contributed by atoms with Gasteiger partial charge in [0.2, 0.25) is 5.95 Å². The zero-order valence-corrected chi connectivity index (χ0v) is 12.0. The maximum Gasteiger partial charge on any atom is 0.244 e. The maximum absolute atomic E-state index is 13.2. The highest BCUT2D eigenvalue weighted by molar-refractivity contribution is 5.56. The molecular formula is C15H17F2N5. The van der Waals surface area contributed by atoms with Crippen molar-refractivity contribution in [3.8, 4) is 0 Å². The molecule has 2 aromatic rings. The Morgan fingerprint density at radius 3 is 2.64 bits per heavy atom. The number of nitrogens with one attached hydrogen (secondary N) is 2. The second-order valence-corrected chi connectivity index (χ2v) is 5.40. The number of hydrogen-bond acceptors (Lipinski definition) is 5. The summed E-state index contributed by atoms with van der Waals surface area (Å²) in [6.07, 6.45) is 7.33. The zero-order valence-electron chi connectivity index (χ0n) is 12.0. The summed E-state index contributed by atoms with van der Waals surface area (Å²) in [5.41, 5.74) is 0.406. The topological polar surface area (TPSA) is 62.7 Å². The number of nitrogens with zero attached hydrogens (tertiary/aromatic N) is 3. The van der Waals surface area contributed by atoms with Gasteiger partial charge in [-0.3, -0.25) is 0 Å². The molecule has 1 aromatic heterocycles. The summed E-state index contributed by atoms with van der Waals surface area (Å²) in [4.78, 5) is 4.30. The molecule has 2 N–H and O–H groups in total. The molecule has 0 bridgehead atoms. The molecule has 1 saturated carbocycles. The van der Waals surface area contributed by atoms with Crippen molar-refractivity contribution in [3.63, 3.8) is 0 Å². The third-order valence-corrected chi connectivity index (χ3v) is 3.69. The van der Waals surface area contributed by atoms with Crippen LogP contribution < -0.4 is 10.6 Å².